The zero-order chi connectivity index (χ0) is 30.7. The molecule has 2 aromatic heterocycles. The first kappa shape index (κ1) is 26.6. The molecule has 1 atom stereocenters. The summed E-state index contributed by atoms with van der Waals surface area (Å²) in [6.07, 6.45) is 17.7. The molecule has 3 aliphatic carbocycles. The van der Waals surface area contributed by atoms with Crippen molar-refractivity contribution in [1.29, 1.82) is 0 Å². The van der Waals surface area contributed by atoms with Crippen molar-refractivity contribution in [3.63, 3.8) is 0 Å². The first-order valence-corrected chi connectivity index (χ1v) is 16.0. The van der Waals surface area contributed by atoms with E-state index >= 15 is 0 Å². The van der Waals surface area contributed by atoms with E-state index in [0.717, 1.165) is 46.4 Å². The number of aromatic nitrogens is 1. The predicted octanol–water partition coefficient (Wildman–Crippen LogP) is 8.78. The zero-order valence-electron chi connectivity index (χ0n) is 25.7. The van der Waals surface area contributed by atoms with Gasteiger partial charge in [-0.2, -0.15) is 0 Å². The molecule has 9 rings (SSSR count). The van der Waals surface area contributed by atoms with E-state index in [1.165, 1.54) is 38.5 Å². The summed E-state index contributed by atoms with van der Waals surface area (Å²) in [5, 5.41) is 3.62. The minimum absolute atomic E-state index is 0.353. The van der Waals surface area contributed by atoms with E-state index in [1.807, 2.05) is 6.07 Å². The maximum absolute atomic E-state index is 6.38. The molecule has 2 heterocycles. The van der Waals surface area contributed by atoms with Crippen molar-refractivity contribution in [2.45, 2.75) is 25.3 Å². The van der Waals surface area contributed by atoms with Gasteiger partial charge < -0.3 is 13.9 Å². The van der Waals surface area contributed by atoms with Crippen molar-refractivity contribution in [3.05, 3.63) is 178 Å². The minimum atomic E-state index is -0.353. The van der Waals surface area contributed by atoms with Crippen LogP contribution in [0, 0.1) is 0 Å². The summed E-state index contributed by atoms with van der Waals surface area (Å²) in [6.45, 7) is 2.29. The van der Waals surface area contributed by atoms with Gasteiger partial charge in [0.2, 0.25) is 0 Å². The van der Waals surface area contributed by atoms with E-state index in [4.69, 9.17) is 4.42 Å². The van der Waals surface area contributed by atoms with Crippen molar-refractivity contribution >= 4 is 45.8 Å². The van der Waals surface area contributed by atoms with Crippen LogP contribution < -0.4 is 15.5 Å². The largest absolute Gasteiger partial charge is 0.456 e. The fraction of sp³-hybridized carbons (Fsp3) is 0.0930. The van der Waals surface area contributed by atoms with Crippen molar-refractivity contribution in [2.24, 2.45) is 0 Å². The smallest absolute Gasteiger partial charge is 0.135 e. The molecular formula is C43H32N2O. The van der Waals surface area contributed by atoms with Gasteiger partial charge in [-0.05, 0) is 79.6 Å². The van der Waals surface area contributed by atoms with Gasteiger partial charge in [-0.25, -0.2) is 0 Å². The first-order chi connectivity index (χ1) is 22.7. The Morgan fingerprint density at radius 2 is 1.52 bits per heavy atom. The average Bonchev–Trinajstić information content (AvgIpc) is 3.75. The standard InChI is InChI=1S/C43H32N2O/c1-43(26-25-37-36-19-9-11-22-41(36)46-42(37)29-43)45(33-16-6-3-7-17-33)34-24-23-31(27-34)30-13-12-21-40-38(28-30)35-18-8-10-20-39(35)44(40)32-14-4-2-5-15-32/h2-20,22-25,28-29H,21,26H2,1H3. The lowest BCUT2D eigenvalue weighted by Gasteiger charge is -2.41. The van der Waals surface area contributed by atoms with Crippen LogP contribution in [0.4, 0.5) is 5.69 Å². The zero-order valence-corrected chi connectivity index (χ0v) is 25.7. The summed E-state index contributed by atoms with van der Waals surface area (Å²) in [5.41, 5.74) is 14.8. The first-order valence-electron chi connectivity index (χ1n) is 16.0. The van der Waals surface area contributed by atoms with E-state index in [1.54, 1.807) is 0 Å². The van der Waals surface area contributed by atoms with Crippen LogP contribution in [0.15, 0.2) is 160 Å². The normalized spacial score (nSPS) is 18.2. The highest BCUT2D eigenvalue weighted by Crippen LogP contribution is 2.38. The van der Waals surface area contributed by atoms with Gasteiger partial charge in [0.1, 0.15) is 11.0 Å². The van der Waals surface area contributed by atoms with Gasteiger partial charge in [0.05, 0.1) is 16.8 Å². The van der Waals surface area contributed by atoms with E-state index in [9.17, 15) is 0 Å². The van der Waals surface area contributed by atoms with Crippen molar-refractivity contribution in [3.8, 4) is 5.69 Å². The third kappa shape index (κ3) is 4.21. The van der Waals surface area contributed by atoms with E-state index < -0.39 is 0 Å². The molecular weight excluding hydrogens is 560 g/mol. The fourth-order valence-electron chi connectivity index (χ4n) is 7.40. The molecule has 0 aliphatic heterocycles. The van der Waals surface area contributed by atoms with E-state index in [2.05, 4.69) is 168 Å². The van der Waals surface area contributed by atoms with Crippen LogP contribution in [0.5, 0.6) is 0 Å². The third-order valence-corrected chi connectivity index (χ3v) is 9.51. The summed E-state index contributed by atoms with van der Waals surface area (Å²) in [6, 6.07) is 38.4. The molecule has 4 aromatic carbocycles. The van der Waals surface area contributed by atoms with Crippen LogP contribution in [0.1, 0.15) is 24.6 Å². The van der Waals surface area contributed by atoms with Gasteiger partial charge >= 0.3 is 0 Å². The van der Waals surface area contributed by atoms with Crippen LogP contribution >= 0.6 is 0 Å². The highest BCUT2D eigenvalue weighted by Gasteiger charge is 2.34. The molecule has 0 N–H and O–H groups in total. The van der Waals surface area contributed by atoms with Crippen molar-refractivity contribution in [2.75, 3.05) is 4.90 Å². The van der Waals surface area contributed by atoms with Gasteiger partial charge in [0.25, 0.3) is 0 Å². The second kappa shape index (κ2) is 10.4. The lowest BCUT2D eigenvalue weighted by Crippen LogP contribution is -2.48. The molecule has 0 spiro atoms. The maximum atomic E-state index is 6.38. The van der Waals surface area contributed by atoms with Crippen LogP contribution in [0.3, 0.4) is 0 Å². The summed E-state index contributed by atoms with van der Waals surface area (Å²) in [7, 11) is 0. The number of fused-ring (bicyclic) bond motifs is 6. The van der Waals surface area contributed by atoms with Gasteiger partial charge in [0, 0.05) is 50.6 Å². The fourth-order valence-corrected chi connectivity index (χ4v) is 7.40. The minimum Gasteiger partial charge on any atom is -0.456 e. The Bertz CT molecular complexity index is 2460. The molecule has 6 aromatic rings. The number of nitrogens with zero attached hydrogens (tertiary/aromatic N) is 2. The molecule has 0 saturated heterocycles. The number of benzene rings is 4. The van der Waals surface area contributed by atoms with Crippen molar-refractivity contribution < 1.29 is 4.42 Å². The highest BCUT2D eigenvalue weighted by atomic mass is 16.3. The SMILES string of the molecule is CC1(N(C2=C=C(C3=Cc4c(n(-c5ccccc5)c5ccccc45)CC=C3)C=C2)c2ccccc2)C=c2oc3ccccc3c2=CC1. The lowest BCUT2D eigenvalue weighted by atomic mass is 9.89. The third-order valence-electron chi connectivity index (χ3n) is 9.51. The molecule has 220 valence electrons. The molecule has 3 heteroatoms. The molecule has 0 fully saturated rings. The van der Waals surface area contributed by atoms with Crippen LogP contribution in [0.2, 0.25) is 0 Å². The quantitative estimate of drug-likeness (QED) is 0.187. The Morgan fingerprint density at radius 1 is 0.783 bits per heavy atom. The number of hydrogen-bond acceptors (Lipinski definition) is 2. The molecule has 0 radical (unpaired) electrons. The number of furan rings is 1. The number of anilines is 1. The second-order valence-electron chi connectivity index (χ2n) is 12.5. The number of hydrogen-bond donors (Lipinski definition) is 0. The van der Waals surface area contributed by atoms with Gasteiger partial charge in [-0.1, -0.05) is 96.8 Å². The Labute approximate surface area is 268 Å². The maximum Gasteiger partial charge on any atom is 0.135 e. The molecule has 3 aliphatic rings. The lowest BCUT2D eigenvalue weighted by molar-refractivity contribution is 0.541. The molecule has 1 unspecified atom stereocenters. The molecule has 0 bridgehead atoms. The van der Waals surface area contributed by atoms with Crippen molar-refractivity contribution in [1.82, 2.24) is 4.57 Å². The number of rotatable bonds is 5. The topological polar surface area (TPSA) is 21.3 Å². The Morgan fingerprint density at radius 3 is 2.37 bits per heavy atom. The predicted molar refractivity (Wildman–Crippen MR) is 190 cm³/mol. The summed E-state index contributed by atoms with van der Waals surface area (Å²) in [4.78, 5) is 2.41. The van der Waals surface area contributed by atoms with Crippen LogP contribution in [-0.4, -0.2) is 10.1 Å². The highest BCUT2D eigenvalue weighted by molar-refractivity contribution is 5.94. The molecule has 0 amide bonds. The van der Waals surface area contributed by atoms with E-state index in [0.29, 0.717) is 0 Å². The van der Waals surface area contributed by atoms with E-state index in [-0.39, 0.29) is 5.54 Å². The number of allylic oxidation sites excluding steroid dienone is 5. The van der Waals surface area contributed by atoms with Gasteiger partial charge in [0.15, 0.2) is 0 Å². The summed E-state index contributed by atoms with van der Waals surface area (Å²) >= 11 is 0. The summed E-state index contributed by atoms with van der Waals surface area (Å²) in [5.74, 6) is 0. The second-order valence-corrected chi connectivity index (χ2v) is 12.5. The van der Waals surface area contributed by atoms with Crippen LogP contribution in [0.25, 0.3) is 45.8 Å². The Kier molecular flexibility index (Phi) is 6.03. The number of para-hydroxylation sites is 4. The average molecular weight is 593 g/mol. The molecule has 0 saturated carbocycles. The van der Waals surface area contributed by atoms with Gasteiger partial charge in [-0.3, -0.25) is 0 Å². The Hall–Kier alpha value is -5.76. The molecule has 3 nitrogen and oxygen atoms in total. The van der Waals surface area contributed by atoms with Gasteiger partial charge in [-0.15, -0.1) is 0 Å². The monoisotopic (exact) mass is 592 g/mol. The summed E-state index contributed by atoms with van der Waals surface area (Å²) < 4.78 is 8.79. The van der Waals surface area contributed by atoms with Crippen LogP contribution in [-0.2, 0) is 6.42 Å². The molecule has 46 heavy (non-hydrogen) atoms. The Balaban J connectivity index is 1.19.